The van der Waals surface area contributed by atoms with Crippen LogP contribution in [0.1, 0.15) is 44.1 Å². The number of piperidine rings is 3. The van der Waals surface area contributed by atoms with Crippen LogP contribution in [-0.4, -0.2) is 91.4 Å². The van der Waals surface area contributed by atoms with Crippen molar-refractivity contribution >= 4 is 17.6 Å². The van der Waals surface area contributed by atoms with Gasteiger partial charge < -0.3 is 35.6 Å². The van der Waals surface area contributed by atoms with Crippen LogP contribution in [0.5, 0.6) is 5.75 Å². The molecule has 5 rings (SSSR count). The lowest BCUT2D eigenvalue weighted by molar-refractivity contribution is -0.140. The van der Waals surface area contributed by atoms with Crippen LogP contribution in [0.25, 0.3) is 0 Å². The average molecular weight is 472 g/mol. The molecule has 34 heavy (non-hydrogen) atoms. The molecule has 3 fully saturated rings. The van der Waals surface area contributed by atoms with E-state index >= 15 is 0 Å². The smallest absolute Gasteiger partial charge is 0.317 e. The lowest BCUT2D eigenvalue weighted by Gasteiger charge is -2.56. The van der Waals surface area contributed by atoms with Gasteiger partial charge in [0, 0.05) is 62.2 Å². The zero-order valence-electron chi connectivity index (χ0n) is 20.2. The molecule has 0 radical (unpaired) electrons. The molecule has 4 aliphatic rings. The Hall–Kier alpha value is -2.52. The number of hydrogen-bond donors (Lipinski definition) is 4. The Kier molecular flexibility index (Phi) is 6.33. The molecule has 3 amide bonds. The van der Waals surface area contributed by atoms with E-state index in [4.69, 9.17) is 4.74 Å². The molecule has 4 heterocycles. The van der Waals surface area contributed by atoms with Crippen molar-refractivity contribution in [3.63, 3.8) is 0 Å². The van der Waals surface area contributed by atoms with Gasteiger partial charge in [0.05, 0.1) is 25.8 Å². The summed E-state index contributed by atoms with van der Waals surface area (Å²) in [4.78, 5) is 29.4. The Balaban J connectivity index is 1.39. The largest absolute Gasteiger partial charge is 0.497 e. The quantitative estimate of drug-likeness (QED) is 0.530. The Morgan fingerprint density at radius 2 is 2.09 bits per heavy atom. The van der Waals surface area contributed by atoms with Gasteiger partial charge in [-0.05, 0) is 43.9 Å². The van der Waals surface area contributed by atoms with Crippen LogP contribution in [0, 0.1) is 5.41 Å². The van der Waals surface area contributed by atoms with Crippen molar-refractivity contribution in [3.8, 4) is 5.75 Å². The van der Waals surface area contributed by atoms with Crippen LogP contribution in [0.2, 0.25) is 0 Å². The molecule has 1 aromatic carbocycles. The number of urea groups is 1. The number of carbonyl (C=O) groups excluding carboxylic acids is 2. The highest BCUT2D eigenvalue weighted by atomic mass is 16.5. The van der Waals surface area contributed by atoms with Crippen molar-refractivity contribution in [2.75, 3.05) is 51.8 Å². The summed E-state index contributed by atoms with van der Waals surface area (Å²) in [7, 11) is 1.66. The summed E-state index contributed by atoms with van der Waals surface area (Å²) in [6.45, 7) is 5.27. The summed E-state index contributed by atoms with van der Waals surface area (Å²) in [5.74, 6) is 0.928. The number of anilines is 1. The van der Waals surface area contributed by atoms with E-state index in [2.05, 4.69) is 22.0 Å². The molecule has 4 N–H and O–H groups in total. The highest BCUT2D eigenvalue weighted by Crippen LogP contribution is 2.56. The fourth-order valence-corrected chi connectivity index (χ4v) is 6.71. The number of aliphatic hydroxyl groups is 1. The second-order valence-corrected chi connectivity index (χ2v) is 10.3. The number of benzene rings is 1. The number of ether oxygens (including phenoxy) is 1. The summed E-state index contributed by atoms with van der Waals surface area (Å²) in [6.07, 6.45) is 3.74. The minimum atomic E-state index is -0.286. The number of amides is 3. The summed E-state index contributed by atoms with van der Waals surface area (Å²) in [5, 5.41) is 20.4. The monoisotopic (exact) mass is 471 g/mol. The van der Waals surface area contributed by atoms with Crippen molar-refractivity contribution in [2.45, 2.75) is 56.7 Å². The standard InChI is InChI=1S/C25H37N5O4/c1-16(32)30-15-25(7-10-29(11-8-25)24(33)27-17-4-3-9-26-13-17)22-19-6-5-18(34-2)12-20(19)28-23(22)21(30)14-31/h5-6,12,17,21-23,26,28,31H,3-4,7-11,13-15H2,1-2H3,(H,27,33)/t17?,21-,22?,23?/m0/s1. The second-order valence-electron chi connectivity index (χ2n) is 10.3. The van der Waals surface area contributed by atoms with E-state index in [0.717, 1.165) is 50.2 Å². The van der Waals surface area contributed by atoms with E-state index in [1.54, 1.807) is 14.0 Å². The number of methoxy groups -OCH3 is 1. The van der Waals surface area contributed by atoms with Gasteiger partial charge >= 0.3 is 6.03 Å². The van der Waals surface area contributed by atoms with Gasteiger partial charge in [-0.2, -0.15) is 0 Å². The summed E-state index contributed by atoms with van der Waals surface area (Å²) < 4.78 is 5.44. The number of likely N-dealkylation sites (tertiary alicyclic amines) is 2. The van der Waals surface area contributed by atoms with E-state index in [9.17, 15) is 14.7 Å². The van der Waals surface area contributed by atoms with Gasteiger partial charge in [-0.1, -0.05) is 6.07 Å². The minimum Gasteiger partial charge on any atom is -0.497 e. The third kappa shape index (κ3) is 3.98. The molecule has 3 unspecified atom stereocenters. The Labute approximate surface area is 201 Å². The number of nitrogens with one attached hydrogen (secondary N) is 3. The van der Waals surface area contributed by atoms with E-state index in [0.29, 0.717) is 19.6 Å². The van der Waals surface area contributed by atoms with Gasteiger partial charge in [-0.15, -0.1) is 0 Å². The maximum absolute atomic E-state index is 13.0. The molecule has 186 valence electrons. The number of fused-ring (bicyclic) bond motifs is 4. The molecule has 0 bridgehead atoms. The first kappa shape index (κ1) is 23.2. The third-order valence-electron chi connectivity index (χ3n) is 8.50. The van der Waals surface area contributed by atoms with E-state index in [1.807, 2.05) is 21.9 Å². The van der Waals surface area contributed by atoms with Gasteiger partial charge in [0.2, 0.25) is 5.91 Å². The number of aliphatic hydroxyl groups excluding tert-OH is 1. The van der Waals surface area contributed by atoms with E-state index in [-0.39, 0.29) is 48.0 Å². The lowest BCUT2D eigenvalue weighted by atomic mass is 9.60. The topological polar surface area (TPSA) is 106 Å². The van der Waals surface area contributed by atoms with Gasteiger partial charge in [-0.3, -0.25) is 4.79 Å². The van der Waals surface area contributed by atoms with Gasteiger partial charge in [0.25, 0.3) is 0 Å². The molecule has 1 aromatic rings. The summed E-state index contributed by atoms with van der Waals surface area (Å²) >= 11 is 0. The Bertz CT molecular complexity index is 926. The lowest BCUT2D eigenvalue weighted by Crippen LogP contribution is -2.65. The molecule has 4 aliphatic heterocycles. The predicted octanol–water partition coefficient (Wildman–Crippen LogP) is 1.34. The Morgan fingerprint density at radius 3 is 2.74 bits per heavy atom. The molecule has 9 nitrogen and oxygen atoms in total. The minimum absolute atomic E-state index is 0.0160. The van der Waals surface area contributed by atoms with Crippen molar-refractivity contribution < 1.29 is 19.4 Å². The summed E-state index contributed by atoms with van der Waals surface area (Å²) in [5.41, 5.74) is 2.08. The molecular weight excluding hydrogens is 434 g/mol. The number of carbonyl (C=O) groups is 2. The van der Waals surface area contributed by atoms with Gasteiger partial charge in [0.15, 0.2) is 0 Å². The maximum atomic E-state index is 13.0. The molecular formula is C25H37N5O4. The zero-order valence-corrected chi connectivity index (χ0v) is 20.2. The SMILES string of the molecule is COc1ccc2c(c1)NC1C2C2(CCN(C(=O)NC3CCCNC3)CC2)CN(C(C)=O)[C@H]1CO. The van der Waals surface area contributed by atoms with Crippen molar-refractivity contribution in [1.29, 1.82) is 0 Å². The zero-order chi connectivity index (χ0) is 23.9. The molecule has 4 atom stereocenters. The van der Waals surface area contributed by atoms with Crippen LogP contribution >= 0.6 is 0 Å². The number of nitrogens with zero attached hydrogens (tertiary/aromatic N) is 2. The molecule has 9 heteroatoms. The molecule has 3 saturated heterocycles. The van der Waals surface area contributed by atoms with Crippen LogP contribution in [0.4, 0.5) is 10.5 Å². The first-order valence-corrected chi connectivity index (χ1v) is 12.5. The highest BCUT2D eigenvalue weighted by Gasteiger charge is 2.57. The van der Waals surface area contributed by atoms with Crippen LogP contribution in [0.15, 0.2) is 18.2 Å². The fraction of sp³-hybridized carbons (Fsp3) is 0.680. The first-order chi connectivity index (χ1) is 16.5. The number of rotatable bonds is 3. The average Bonchev–Trinajstić information content (AvgIpc) is 3.24. The summed E-state index contributed by atoms with van der Waals surface area (Å²) in [6, 6.07) is 5.97. The predicted molar refractivity (Wildman–Crippen MR) is 129 cm³/mol. The third-order valence-corrected chi connectivity index (χ3v) is 8.50. The van der Waals surface area contributed by atoms with Crippen LogP contribution in [0.3, 0.4) is 0 Å². The molecule has 1 spiro atoms. The van der Waals surface area contributed by atoms with Gasteiger partial charge in [-0.25, -0.2) is 4.79 Å². The van der Waals surface area contributed by atoms with Crippen molar-refractivity contribution in [2.24, 2.45) is 5.41 Å². The van der Waals surface area contributed by atoms with Crippen molar-refractivity contribution in [3.05, 3.63) is 23.8 Å². The van der Waals surface area contributed by atoms with E-state index < -0.39 is 0 Å². The fourth-order valence-electron chi connectivity index (χ4n) is 6.71. The Morgan fingerprint density at radius 1 is 1.29 bits per heavy atom. The normalized spacial score (nSPS) is 29.7. The maximum Gasteiger partial charge on any atom is 0.317 e. The number of hydrogen-bond acceptors (Lipinski definition) is 6. The van der Waals surface area contributed by atoms with Crippen LogP contribution in [-0.2, 0) is 4.79 Å². The molecule has 0 aromatic heterocycles. The highest BCUT2D eigenvalue weighted by molar-refractivity contribution is 5.76. The molecule has 0 saturated carbocycles. The van der Waals surface area contributed by atoms with Crippen LogP contribution < -0.4 is 20.7 Å². The first-order valence-electron chi connectivity index (χ1n) is 12.5. The van der Waals surface area contributed by atoms with Crippen molar-refractivity contribution in [1.82, 2.24) is 20.4 Å². The second kappa shape index (κ2) is 9.26. The van der Waals surface area contributed by atoms with Gasteiger partial charge in [0.1, 0.15) is 5.75 Å². The molecule has 0 aliphatic carbocycles. The van der Waals surface area contributed by atoms with E-state index in [1.165, 1.54) is 5.56 Å².